The first-order valence-corrected chi connectivity index (χ1v) is 10.7. The molecule has 3 atom stereocenters. The molecule has 4 rings (SSSR count). The van der Waals surface area contributed by atoms with Crippen molar-refractivity contribution in [2.24, 2.45) is 11.8 Å². The molecule has 1 amide bonds. The van der Waals surface area contributed by atoms with E-state index in [1.54, 1.807) is 0 Å². The third-order valence-electron chi connectivity index (χ3n) is 6.21. The van der Waals surface area contributed by atoms with Gasteiger partial charge in [0.15, 0.2) is 0 Å². The van der Waals surface area contributed by atoms with E-state index < -0.39 is 12.1 Å². The molecule has 0 aliphatic carbocycles. The van der Waals surface area contributed by atoms with Crippen LogP contribution < -0.4 is 0 Å². The van der Waals surface area contributed by atoms with Crippen molar-refractivity contribution < 1.29 is 32.6 Å². The SMILES string of the molecule is O=C(O)C(F)(F)F.O=C([C@@H]1CN(CCc2ccccc2)C[C@H]2OCC[C@H]21)N1CCCC1. The number of alkyl halides is 3. The van der Waals surface area contributed by atoms with Crippen LogP contribution in [-0.4, -0.2) is 78.4 Å². The number of amides is 1. The van der Waals surface area contributed by atoms with Crippen molar-refractivity contribution in [3.63, 3.8) is 0 Å². The fraction of sp³-hybridized carbons (Fsp3) is 0.636. The minimum Gasteiger partial charge on any atom is -0.475 e. The summed E-state index contributed by atoms with van der Waals surface area (Å²) in [5.74, 6) is -1.80. The van der Waals surface area contributed by atoms with Crippen LogP contribution in [0, 0.1) is 11.8 Å². The Morgan fingerprint density at radius 2 is 1.74 bits per heavy atom. The summed E-state index contributed by atoms with van der Waals surface area (Å²) >= 11 is 0. The van der Waals surface area contributed by atoms with Gasteiger partial charge in [0.2, 0.25) is 5.91 Å². The maximum atomic E-state index is 13.0. The third kappa shape index (κ3) is 6.43. The van der Waals surface area contributed by atoms with Gasteiger partial charge in [0, 0.05) is 45.2 Å². The fourth-order valence-electron chi connectivity index (χ4n) is 4.60. The van der Waals surface area contributed by atoms with Crippen LogP contribution in [0.3, 0.4) is 0 Å². The molecule has 0 bridgehead atoms. The van der Waals surface area contributed by atoms with Crippen molar-refractivity contribution in [3.05, 3.63) is 35.9 Å². The minimum absolute atomic E-state index is 0.139. The van der Waals surface area contributed by atoms with Gasteiger partial charge in [0.25, 0.3) is 0 Å². The molecule has 31 heavy (non-hydrogen) atoms. The monoisotopic (exact) mass is 442 g/mol. The van der Waals surface area contributed by atoms with Crippen LogP contribution in [-0.2, 0) is 20.7 Å². The number of hydrogen-bond donors (Lipinski definition) is 1. The highest BCUT2D eigenvalue weighted by Crippen LogP contribution is 2.35. The van der Waals surface area contributed by atoms with Gasteiger partial charge in [-0.05, 0) is 31.2 Å². The number of benzene rings is 1. The van der Waals surface area contributed by atoms with Gasteiger partial charge < -0.3 is 14.7 Å². The van der Waals surface area contributed by atoms with Gasteiger partial charge >= 0.3 is 12.1 Å². The molecule has 0 unspecified atom stereocenters. The molecule has 0 radical (unpaired) electrons. The van der Waals surface area contributed by atoms with Crippen LogP contribution in [0.1, 0.15) is 24.8 Å². The fourth-order valence-corrected chi connectivity index (χ4v) is 4.60. The summed E-state index contributed by atoms with van der Waals surface area (Å²) in [4.78, 5) is 26.5. The first kappa shape index (κ1) is 23.5. The number of carbonyl (C=O) groups is 2. The van der Waals surface area contributed by atoms with Gasteiger partial charge in [-0.15, -0.1) is 0 Å². The maximum Gasteiger partial charge on any atom is 0.490 e. The smallest absolute Gasteiger partial charge is 0.475 e. The van der Waals surface area contributed by atoms with Crippen LogP contribution in [0.4, 0.5) is 13.2 Å². The average molecular weight is 442 g/mol. The van der Waals surface area contributed by atoms with Gasteiger partial charge in [0.05, 0.1) is 12.0 Å². The lowest BCUT2D eigenvalue weighted by atomic mass is 9.81. The van der Waals surface area contributed by atoms with Gasteiger partial charge in [-0.3, -0.25) is 9.69 Å². The summed E-state index contributed by atoms with van der Waals surface area (Å²) in [6, 6.07) is 10.6. The minimum atomic E-state index is -5.08. The zero-order valence-corrected chi connectivity index (χ0v) is 17.4. The van der Waals surface area contributed by atoms with Crippen molar-refractivity contribution in [2.45, 2.75) is 38.0 Å². The van der Waals surface area contributed by atoms with Gasteiger partial charge in [-0.1, -0.05) is 30.3 Å². The summed E-state index contributed by atoms with van der Waals surface area (Å²) in [5.41, 5.74) is 1.37. The molecule has 0 spiro atoms. The Labute approximate surface area is 180 Å². The Balaban J connectivity index is 0.000000339. The Bertz CT molecular complexity index is 738. The molecular weight excluding hydrogens is 413 g/mol. The summed E-state index contributed by atoms with van der Waals surface area (Å²) in [5, 5.41) is 7.12. The van der Waals surface area contributed by atoms with Gasteiger partial charge in [0.1, 0.15) is 0 Å². The quantitative estimate of drug-likeness (QED) is 0.777. The number of likely N-dealkylation sites (tertiary alicyclic amines) is 2. The first-order valence-electron chi connectivity index (χ1n) is 10.7. The second-order valence-electron chi connectivity index (χ2n) is 8.30. The number of rotatable bonds is 4. The number of carbonyl (C=O) groups excluding carboxylic acids is 1. The number of hydrogen-bond acceptors (Lipinski definition) is 4. The molecular formula is C22H29F3N2O4. The van der Waals surface area contributed by atoms with E-state index in [2.05, 4.69) is 40.1 Å². The molecule has 3 aliphatic rings. The van der Waals surface area contributed by atoms with E-state index in [4.69, 9.17) is 14.6 Å². The van der Waals surface area contributed by atoms with Crippen molar-refractivity contribution in [3.8, 4) is 0 Å². The lowest BCUT2D eigenvalue weighted by molar-refractivity contribution is -0.192. The number of halogens is 3. The predicted octanol–water partition coefficient (Wildman–Crippen LogP) is 2.82. The second kappa shape index (κ2) is 10.5. The van der Waals surface area contributed by atoms with Crippen molar-refractivity contribution in [1.82, 2.24) is 9.80 Å². The molecule has 6 nitrogen and oxygen atoms in total. The number of ether oxygens (including phenoxy) is 1. The molecule has 1 N–H and O–H groups in total. The van der Waals surface area contributed by atoms with E-state index in [1.165, 1.54) is 18.4 Å². The van der Waals surface area contributed by atoms with Crippen LogP contribution in [0.5, 0.6) is 0 Å². The summed E-state index contributed by atoms with van der Waals surface area (Å²) in [7, 11) is 0. The number of nitrogens with zero attached hydrogens (tertiary/aromatic N) is 2. The van der Waals surface area contributed by atoms with Gasteiger partial charge in [-0.2, -0.15) is 13.2 Å². The topological polar surface area (TPSA) is 70.1 Å². The summed E-state index contributed by atoms with van der Waals surface area (Å²) in [6.07, 6.45) is -0.391. The van der Waals surface area contributed by atoms with Crippen LogP contribution in [0.15, 0.2) is 30.3 Å². The third-order valence-corrected chi connectivity index (χ3v) is 6.21. The number of carboxylic acid groups (broad SMARTS) is 1. The number of piperidine rings is 1. The lowest BCUT2D eigenvalue weighted by Crippen LogP contribution is -2.53. The summed E-state index contributed by atoms with van der Waals surface area (Å²) in [6.45, 7) is 5.65. The van der Waals surface area contributed by atoms with Gasteiger partial charge in [-0.25, -0.2) is 4.79 Å². The molecule has 0 aromatic heterocycles. The van der Waals surface area contributed by atoms with Crippen LogP contribution in [0.25, 0.3) is 0 Å². The Kier molecular flexibility index (Phi) is 7.94. The Hall–Kier alpha value is -2.13. The number of fused-ring (bicyclic) bond motifs is 1. The zero-order chi connectivity index (χ0) is 22.4. The molecule has 3 saturated heterocycles. The Morgan fingerprint density at radius 3 is 2.35 bits per heavy atom. The molecule has 1 aromatic carbocycles. The average Bonchev–Trinajstić information content (AvgIpc) is 3.43. The second-order valence-corrected chi connectivity index (χ2v) is 8.30. The van der Waals surface area contributed by atoms with Crippen molar-refractivity contribution >= 4 is 11.9 Å². The molecule has 3 fully saturated rings. The highest BCUT2D eigenvalue weighted by Gasteiger charge is 2.45. The van der Waals surface area contributed by atoms with E-state index in [1.807, 2.05) is 0 Å². The van der Waals surface area contributed by atoms with E-state index in [0.29, 0.717) is 11.8 Å². The predicted molar refractivity (Wildman–Crippen MR) is 107 cm³/mol. The lowest BCUT2D eigenvalue weighted by Gasteiger charge is -2.40. The van der Waals surface area contributed by atoms with E-state index in [0.717, 1.165) is 52.2 Å². The van der Waals surface area contributed by atoms with Crippen LogP contribution in [0.2, 0.25) is 0 Å². The highest BCUT2D eigenvalue weighted by atomic mass is 19.4. The number of aliphatic carboxylic acids is 1. The molecule has 172 valence electrons. The first-order chi connectivity index (χ1) is 14.8. The van der Waals surface area contributed by atoms with E-state index in [9.17, 15) is 18.0 Å². The van der Waals surface area contributed by atoms with Crippen molar-refractivity contribution in [1.29, 1.82) is 0 Å². The Morgan fingerprint density at radius 1 is 1.10 bits per heavy atom. The van der Waals surface area contributed by atoms with E-state index in [-0.39, 0.29) is 12.0 Å². The van der Waals surface area contributed by atoms with E-state index >= 15 is 0 Å². The van der Waals surface area contributed by atoms with Crippen LogP contribution >= 0.6 is 0 Å². The molecule has 1 aromatic rings. The summed E-state index contributed by atoms with van der Waals surface area (Å²) < 4.78 is 37.7. The highest BCUT2D eigenvalue weighted by molar-refractivity contribution is 5.80. The largest absolute Gasteiger partial charge is 0.490 e. The number of carboxylic acids is 1. The van der Waals surface area contributed by atoms with Crippen molar-refractivity contribution in [2.75, 3.05) is 39.3 Å². The molecule has 0 saturated carbocycles. The molecule has 3 aliphatic heterocycles. The zero-order valence-electron chi connectivity index (χ0n) is 17.4. The molecule has 3 heterocycles. The standard InChI is InChI=1S/C20H28N2O2.C2HF3O2/c23-20(22-10-4-5-11-22)18-14-21(15-19-17(18)9-13-24-19)12-8-16-6-2-1-3-7-16;3-2(4,5)1(6)7/h1-3,6-7,17-19H,4-5,8-15H2;(H,6,7)/t17-,18+,19+;/m0./s1. The maximum absolute atomic E-state index is 13.0. The molecule has 9 heteroatoms. The normalized spacial score (nSPS) is 26.2.